The first-order chi connectivity index (χ1) is 8.65. The minimum atomic E-state index is 0.0872. The van der Waals surface area contributed by atoms with E-state index in [1.165, 1.54) is 0 Å². The quantitative estimate of drug-likeness (QED) is 0.927. The van der Waals surface area contributed by atoms with Gasteiger partial charge >= 0.3 is 6.03 Å². The Morgan fingerprint density at radius 2 is 2.17 bits per heavy atom. The lowest BCUT2D eigenvalue weighted by atomic mass is 10.1. The van der Waals surface area contributed by atoms with E-state index in [4.69, 9.17) is 5.73 Å². The molecule has 2 rings (SSSR count). The van der Waals surface area contributed by atoms with Crippen molar-refractivity contribution in [2.45, 2.75) is 12.5 Å². The van der Waals surface area contributed by atoms with E-state index in [2.05, 4.69) is 22.0 Å². The Labute approximate surface area is 116 Å². The summed E-state index contributed by atoms with van der Waals surface area (Å²) >= 11 is 3.55. The standard InChI is InChI=1S/C13H18BrN3O/c1-16-12(10-5-2-3-6-11(10)14)9-17(13(16)18)8-4-7-15/h2-3,5-6,12H,4,7-9,15H2,1H3. The molecular formula is C13H18BrN3O. The maximum Gasteiger partial charge on any atom is 0.320 e. The number of carbonyl (C=O) groups is 1. The topological polar surface area (TPSA) is 49.6 Å². The minimum Gasteiger partial charge on any atom is -0.330 e. The third-order valence-corrected chi connectivity index (χ3v) is 4.05. The van der Waals surface area contributed by atoms with Crippen LogP contribution in [0.1, 0.15) is 18.0 Å². The van der Waals surface area contributed by atoms with E-state index >= 15 is 0 Å². The van der Waals surface area contributed by atoms with Crippen molar-refractivity contribution in [3.63, 3.8) is 0 Å². The van der Waals surface area contributed by atoms with Crippen molar-refractivity contribution in [2.75, 3.05) is 26.7 Å². The molecule has 1 aromatic carbocycles. The molecule has 5 heteroatoms. The SMILES string of the molecule is CN1C(=O)N(CCCN)CC1c1ccccc1Br. The summed E-state index contributed by atoms with van der Waals surface area (Å²) in [6.45, 7) is 2.09. The van der Waals surface area contributed by atoms with Gasteiger partial charge in [-0.25, -0.2) is 4.79 Å². The number of hydrogen-bond acceptors (Lipinski definition) is 2. The number of nitrogens with two attached hydrogens (primary N) is 1. The fourth-order valence-corrected chi connectivity index (χ4v) is 2.84. The summed E-state index contributed by atoms with van der Waals surface area (Å²) in [5.74, 6) is 0. The smallest absolute Gasteiger partial charge is 0.320 e. The Bertz CT molecular complexity index is 438. The summed E-state index contributed by atoms with van der Waals surface area (Å²) in [6.07, 6.45) is 0.849. The van der Waals surface area contributed by atoms with Gasteiger partial charge in [0.05, 0.1) is 6.04 Å². The third kappa shape index (κ3) is 2.52. The van der Waals surface area contributed by atoms with E-state index in [9.17, 15) is 4.79 Å². The number of amides is 2. The second-order valence-corrected chi connectivity index (χ2v) is 5.37. The van der Waals surface area contributed by atoms with Gasteiger partial charge in [-0.05, 0) is 24.6 Å². The third-order valence-electron chi connectivity index (χ3n) is 3.33. The molecule has 0 aliphatic carbocycles. The normalized spacial score (nSPS) is 19.7. The number of benzene rings is 1. The van der Waals surface area contributed by atoms with Gasteiger partial charge in [-0.15, -0.1) is 0 Å². The van der Waals surface area contributed by atoms with Crippen molar-refractivity contribution in [1.29, 1.82) is 0 Å². The fourth-order valence-electron chi connectivity index (χ4n) is 2.29. The van der Waals surface area contributed by atoms with E-state index in [0.29, 0.717) is 6.54 Å². The van der Waals surface area contributed by atoms with Crippen LogP contribution in [0.2, 0.25) is 0 Å². The number of urea groups is 1. The van der Waals surface area contributed by atoms with Crippen molar-refractivity contribution in [2.24, 2.45) is 5.73 Å². The summed E-state index contributed by atoms with van der Waals surface area (Å²) in [6, 6.07) is 8.26. The number of halogens is 1. The molecule has 0 aromatic heterocycles. The van der Waals surface area contributed by atoms with Gasteiger partial charge in [0.2, 0.25) is 0 Å². The van der Waals surface area contributed by atoms with Gasteiger partial charge in [0.25, 0.3) is 0 Å². The molecule has 0 bridgehead atoms. The fraction of sp³-hybridized carbons (Fsp3) is 0.462. The molecule has 2 N–H and O–H groups in total. The van der Waals surface area contributed by atoms with Crippen molar-refractivity contribution >= 4 is 22.0 Å². The average molecular weight is 312 g/mol. The molecule has 1 aliphatic rings. The molecular weight excluding hydrogens is 294 g/mol. The molecule has 1 aliphatic heterocycles. The lowest BCUT2D eigenvalue weighted by molar-refractivity contribution is 0.195. The van der Waals surface area contributed by atoms with Crippen molar-refractivity contribution < 1.29 is 4.79 Å². The highest BCUT2D eigenvalue weighted by atomic mass is 79.9. The first-order valence-electron chi connectivity index (χ1n) is 6.11. The molecule has 1 atom stereocenters. The summed E-state index contributed by atoms with van der Waals surface area (Å²) in [5.41, 5.74) is 6.65. The highest BCUT2D eigenvalue weighted by molar-refractivity contribution is 9.10. The first kappa shape index (κ1) is 13.4. The van der Waals surface area contributed by atoms with Gasteiger partial charge in [0.15, 0.2) is 0 Å². The van der Waals surface area contributed by atoms with Crippen LogP contribution in [0.5, 0.6) is 0 Å². The van der Waals surface area contributed by atoms with Gasteiger partial charge in [0.1, 0.15) is 0 Å². The Kier molecular flexibility index (Phi) is 4.24. The van der Waals surface area contributed by atoms with E-state index in [-0.39, 0.29) is 12.1 Å². The maximum atomic E-state index is 12.1. The average Bonchev–Trinajstić information content (AvgIpc) is 2.65. The van der Waals surface area contributed by atoms with Crippen LogP contribution >= 0.6 is 15.9 Å². The second-order valence-electron chi connectivity index (χ2n) is 4.52. The monoisotopic (exact) mass is 311 g/mol. The van der Waals surface area contributed by atoms with E-state index in [0.717, 1.165) is 29.5 Å². The zero-order chi connectivity index (χ0) is 13.1. The number of rotatable bonds is 4. The highest BCUT2D eigenvalue weighted by Gasteiger charge is 2.35. The van der Waals surface area contributed by atoms with Gasteiger partial charge < -0.3 is 15.5 Å². The molecule has 4 nitrogen and oxygen atoms in total. The molecule has 18 heavy (non-hydrogen) atoms. The van der Waals surface area contributed by atoms with Gasteiger partial charge in [-0.1, -0.05) is 34.1 Å². The number of likely N-dealkylation sites (N-methyl/N-ethyl adjacent to an activating group) is 1. The number of hydrogen-bond donors (Lipinski definition) is 1. The Balaban J connectivity index is 2.16. The molecule has 1 saturated heterocycles. The van der Waals surface area contributed by atoms with Crippen LogP contribution in [-0.4, -0.2) is 42.5 Å². The molecule has 1 unspecified atom stereocenters. The summed E-state index contributed by atoms with van der Waals surface area (Å²) in [4.78, 5) is 15.8. The Morgan fingerprint density at radius 1 is 1.44 bits per heavy atom. The van der Waals surface area contributed by atoms with E-state index in [1.807, 2.05) is 30.1 Å². The van der Waals surface area contributed by atoms with Crippen molar-refractivity contribution in [3.05, 3.63) is 34.3 Å². The molecule has 1 aromatic rings. The van der Waals surface area contributed by atoms with Gasteiger partial charge in [-0.3, -0.25) is 0 Å². The highest BCUT2D eigenvalue weighted by Crippen LogP contribution is 2.32. The zero-order valence-corrected chi connectivity index (χ0v) is 12.1. The van der Waals surface area contributed by atoms with Crippen LogP contribution in [0, 0.1) is 0 Å². The van der Waals surface area contributed by atoms with Crippen LogP contribution in [0.4, 0.5) is 4.79 Å². The van der Waals surface area contributed by atoms with Crippen LogP contribution in [-0.2, 0) is 0 Å². The van der Waals surface area contributed by atoms with Crippen LogP contribution in [0.15, 0.2) is 28.7 Å². The molecule has 0 saturated carbocycles. The molecule has 98 valence electrons. The molecule has 1 fully saturated rings. The second kappa shape index (κ2) is 5.71. The predicted octanol–water partition coefficient (Wildman–Crippen LogP) is 2.21. The van der Waals surface area contributed by atoms with E-state index < -0.39 is 0 Å². The molecule has 0 radical (unpaired) electrons. The van der Waals surface area contributed by atoms with Crippen molar-refractivity contribution in [3.8, 4) is 0 Å². The lowest BCUT2D eigenvalue weighted by Crippen LogP contribution is -2.31. The number of nitrogens with zero attached hydrogens (tertiary/aromatic N) is 2. The Morgan fingerprint density at radius 3 is 2.83 bits per heavy atom. The molecule has 2 amide bonds. The molecule has 0 spiro atoms. The maximum absolute atomic E-state index is 12.1. The zero-order valence-electron chi connectivity index (χ0n) is 10.5. The van der Waals surface area contributed by atoms with Crippen molar-refractivity contribution in [1.82, 2.24) is 9.80 Å². The van der Waals surface area contributed by atoms with Crippen LogP contribution in [0.3, 0.4) is 0 Å². The van der Waals surface area contributed by atoms with Gasteiger partial charge in [-0.2, -0.15) is 0 Å². The minimum absolute atomic E-state index is 0.0872. The Hall–Kier alpha value is -1.07. The van der Waals surface area contributed by atoms with Crippen LogP contribution < -0.4 is 5.73 Å². The summed E-state index contributed by atoms with van der Waals surface area (Å²) in [7, 11) is 1.86. The van der Waals surface area contributed by atoms with E-state index in [1.54, 1.807) is 4.90 Å². The van der Waals surface area contributed by atoms with Crippen LogP contribution in [0.25, 0.3) is 0 Å². The summed E-state index contributed by atoms with van der Waals surface area (Å²) < 4.78 is 1.05. The van der Waals surface area contributed by atoms with Gasteiger partial charge in [0, 0.05) is 24.6 Å². The molecule has 1 heterocycles. The largest absolute Gasteiger partial charge is 0.330 e. The summed E-state index contributed by atoms with van der Waals surface area (Å²) in [5, 5.41) is 0. The lowest BCUT2D eigenvalue weighted by Gasteiger charge is -2.19. The predicted molar refractivity (Wildman–Crippen MR) is 75.3 cm³/mol. The number of carbonyl (C=O) groups excluding carboxylic acids is 1. The first-order valence-corrected chi connectivity index (χ1v) is 6.90.